The number of aromatic nitrogens is 1. The molecule has 2 rings (SSSR count). The summed E-state index contributed by atoms with van der Waals surface area (Å²) >= 11 is 1.90. The Morgan fingerprint density at radius 1 is 1.47 bits per heavy atom. The van der Waals surface area contributed by atoms with Gasteiger partial charge in [0.05, 0.1) is 5.69 Å². The molecule has 0 aliphatic heterocycles. The Bertz CT molecular complexity index is 402. The largest absolute Gasteiger partial charge is 0.348 e. The van der Waals surface area contributed by atoms with Crippen molar-refractivity contribution in [2.45, 2.75) is 65.0 Å². The van der Waals surface area contributed by atoms with E-state index < -0.39 is 0 Å². The van der Waals surface area contributed by atoms with Crippen LogP contribution in [0.2, 0.25) is 0 Å². The summed E-state index contributed by atoms with van der Waals surface area (Å²) in [6.45, 7) is 7.77. The van der Waals surface area contributed by atoms with Crippen LogP contribution in [0.25, 0.3) is 0 Å². The molecule has 19 heavy (non-hydrogen) atoms. The van der Waals surface area contributed by atoms with E-state index in [9.17, 15) is 0 Å². The molecule has 3 nitrogen and oxygen atoms in total. The zero-order valence-corrected chi connectivity index (χ0v) is 13.5. The van der Waals surface area contributed by atoms with E-state index in [1.165, 1.54) is 41.4 Å². The molecule has 4 heteroatoms. The van der Waals surface area contributed by atoms with Gasteiger partial charge < -0.3 is 10.2 Å². The van der Waals surface area contributed by atoms with Crippen molar-refractivity contribution in [2.24, 2.45) is 0 Å². The van der Waals surface area contributed by atoms with Crippen LogP contribution >= 0.6 is 11.3 Å². The highest BCUT2D eigenvalue weighted by atomic mass is 32.1. The van der Waals surface area contributed by atoms with Crippen molar-refractivity contribution in [1.29, 1.82) is 0 Å². The van der Waals surface area contributed by atoms with Crippen molar-refractivity contribution in [3.63, 3.8) is 0 Å². The van der Waals surface area contributed by atoms with Crippen molar-refractivity contribution in [2.75, 3.05) is 18.5 Å². The molecule has 0 amide bonds. The Kier molecular flexibility index (Phi) is 5.22. The fourth-order valence-corrected chi connectivity index (χ4v) is 4.08. The number of hydrogen-bond donors (Lipinski definition) is 1. The molecular formula is C15H27N3S. The van der Waals surface area contributed by atoms with Crippen LogP contribution in [0.3, 0.4) is 0 Å². The molecule has 1 aromatic rings. The number of thiazole rings is 1. The van der Waals surface area contributed by atoms with E-state index in [2.05, 4.69) is 38.0 Å². The molecule has 2 unspecified atom stereocenters. The molecule has 1 aliphatic rings. The zero-order chi connectivity index (χ0) is 13.8. The van der Waals surface area contributed by atoms with Gasteiger partial charge in [0.2, 0.25) is 0 Å². The second-order valence-electron chi connectivity index (χ2n) is 5.56. The van der Waals surface area contributed by atoms with Crippen LogP contribution in [-0.4, -0.2) is 24.6 Å². The second kappa shape index (κ2) is 6.71. The van der Waals surface area contributed by atoms with Crippen LogP contribution < -0.4 is 10.2 Å². The first kappa shape index (κ1) is 14.8. The highest BCUT2D eigenvalue weighted by Gasteiger charge is 2.25. The van der Waals surface area contributed by atoms with Crippen LogP contribution in [0.4, 0.5) is 5.13 Å². The van der Waals surface area contributed by atoms with E-state index in [0.29, 0.717) is 12.1 Å². The predicted molar refractivity (Wildman–Crippen MR) is 84.2 cm³/mol. The predicted octanol–water partition coefficient (Wildman–Crippen LogP) is 3.75. The Labute approximate surface area is 121 Å². The van der Waals surface area contributed by atoms with Gasteiger partial charge in [-0.1, -0.05) is 31.6 Å². The fourth-order valence-electron chi connectivity index (χ4n) is 2.80. The summed E-state index contributed by atoms with van der Waals surface area (Å²) in [5.74, 6) is 0. The average molecular weight is 281 g/mol. The first-order valence-electron chi connectivity index (χ1n) is 7.63. The van der Waals surface area contributed by atoms with E-state index >= 15 is 0 Å². The van der Waals surface area contributed by atoms with Crippen molar-refractivity contribution in [3.05, 3.63) is 10.6 Å². The van der Waals surface area contributed by atoms with Crippen molar-refractivity contribution < 1.29 is 0 Å². The van der Waals surface area contributed by atoms with Gasteiger partial charge in [0.25, 0.3) is 0 Å². The number of rotatable bonds is 6. The quantitative estimate of drug-likeness (QED) is 0.860. The third-order valence-corrected chi connectivity index (χ3v) is 5.36. The first-order valence-corrected chi connectivity index (χ1v) is 8.44. The topological polar surface area (TPSA) is 28.2 Å². The molecule has 1 aromatic heterocycles. The van der Waals surface area contributed by atoms with E-state index in [1.807, 2.05) is 11.3 Å². The Hall–Kier alpha value is -0.610. The minimum atomic E-state index is 0.537. The fraction of sp³-hybridized carbons (Fsp3) is 0.800. The number of nitrogens with one attached hydrogen (secondary N) is 1. The van der Waals surface area contributed by atoms with Crippen LogP contribution in [0.1, 0.15) is 63.1 Å². The molecule has 2 atom stereocenters. The molecular weight excluding hydrogens is 254 g/mol. The van der Waals surface area contributed by atoms with Gasteiger partial charge >= 0.3 is 0 Å². The smallest absolute Gasteiger partial charge is 0.185 e. The molecule has 0 fully saturated rings. The minimum absolute atomic E-state index is 0.537. The molecule has 1 N–H and O–H groups in total. The SMILES string of the molecule is CCCC(C)N(C)c1nc2c(s1)C(NCC)CCC2. The van der Waals surface area contributed by atoms with Gasteiger partial charge in [-0.3, -0.25) is 0 Å². The molecule has 0 saturated heterocycles. The normalized spacial score (nSPS) is 20.1. The second-order valence-corrected chi connectivity index (χ2v) is 6.57. The van der Waals surface area contributed by atoms with Crippen LogP contribution in [-0.2, 0) is 6.42 Å². The van der Waals surface area contributed by atoms with Gasteiger partial charge in [0.1, 0.15) is 0 Å². The number of anilines is 1. The molecule has 1 heterocycles. The molecule has 0 radical (unpaired) electrons. The standard InChI is InChI=1S/C15H27N3S/c1-5-8-11(3)18(4)15-17-13-10-7-9-12(16-6-2)14(13)19-15/h11-12,16H,5-10H2,1-4H3. The molecule has 0 aromatic carbocycles. The number of fused-ring (bicyclic) bond motifs is 1. The van der Waals surface area contributed by atoms with Crippen LogP contribution in [0.15, 0.2) is 0 Å². The van der Waals surface area contributed by atoms with Gasteiger partial charge in [0, 0.05) is 24.0 Å². The number of aryl methyl sites for hydroxylation is 1. The minimum Gasteiger partial charge on any atom is -0.348 e. The van der Waals surface area contributed by atoms with E-state index in [1.54, 1.807) is 0 Å². The Balaban J connectivity index is 2.16. The summed E-state index contributed by atoms with van der Waals surface area (Å²) in [5.41, 5.74) is 1.34. The molecule has 0 spiro atoms. The monoisotopic (exact) mass is 281 g/mol. The summed E-state index contributed by atoms with van der Waals surface area (Å²) in [4.78, 5) is 8.73. The lowest BCUT2D eigenvalue weighted by atomic mass is 9.98. The third-order valence-electron chi connectivity index (χ3n) is 4.06. The van der Waals surface area contributed by atoms with Crippen molar-refractivity contribution in [3.8, 4) is 0 Å². The highest BCUT2D eigenvalue weighted by Crippen LogP contribution is 2.37. The molecule has 1 aliphatic carbocycles. The van der Waals surface area contributed by atoms with Gasteiger partial charge in [-0.15, -0.1) is 0 Å². The Morgan fingerprint density at radius 3 is 2.95 bits per heavy atom. The van der Waals surface area contributed by atoms with Crippen LogP contribution in [0.5, 0.6) is 0 Å². The Morgan fingerprint density at radius 2 is 2.26 bits per heavy atom. The highest BCUT2D eigenvalue weighted by molar-refractivity contribution is 7.15. The molecule has 0 saturated carbocycles. The number of hydrogen-bond acceptors (Lipinski definition) is 4. The van der Waals surface area contributed by atoms with E-state index in [-0.39, 0.29) is 0 Å². The van der Waals surface area contributed by atoms with Gasteiger partial charge in [-0.25, -0.2) is 4.98 Å². The maximum absolute atomic E-state index is 4.89. The maximum Gasteiger partial charge on any atom is 0.185 e. The molecule has 108 valence electrons. The lowest BCUT2D eigenvalue weighted by Gasteiger charge is -2.23. The van der Waals surface area contributed by atoms with E-state index in [0.717, 1.165) is 13.0 Å². The number of nitrogens with zero attached hydrogens (tertiary/aromatic N) is 2. The summed E-state index contributed by atoms with van der Waals surface area (Å²) in [6.07, 6.45) is 6.15. The first-order chi connectivity index (χ1) is 9.17. The van der Waals surface area contributed by atoms with Gasteiger partial charge in [0.15, 0.2) is 5.13 Å². The summed E-state index contributed by atoms with van der Waals surface area (Å²) in [7, 11) is 2.19. The van der Waals surface area contributed by atoms with Crippen LogP contribution in [0, 0.1) is 0 Å². The summed E-state index contributed by atoms with van der Waals surface area (Å²) in [5, 5.41) is 4.80. The average Bonchev–Trinajstić information content (AvgIpc) is 2.83. The third kappa shape index (κ3) is 3.29. The van der Waals surface area contributed by atoms with Crippen molar-refractivity contribution in [1.82, 2.24) is 10.3 Å². The van der Waals surface area contributed by atoms with E-state index in [4.69, 9.17) is 4.98 Å². The summed E-state index contributed by atoms with van der Waals surface area (Å²) in [6, 6.07) is 1.12. The van der Waals surface area contributed by atoms with Gasteiger partial charge in [-0.2, -0.15) is 0 Å². The molecule has 0 bridgehead atoms. The van der Waals surface area contributed by atoms with Crippen molar-refractivity contribution >= 4 is 16.5 Å². The van der Waals surface area contributed by atoms with Gasteiger partial charge in [-0.05, 0) is 39.2 Å². The lowest BCUT2D eigenvalue weighted by molar-refractivity contribution is 0.476. The maximum atomic E-state index is 4.89. The lowest BCUT2D eigenvalue weighted by Crippen LogP contribution is -2.28. The summed E-state index contributed by atoms with van der Waals surface area (Å²) < 4.78 is 0. The zero-order valence-electron chi connectivity index (χ0n) is 12.7.